The van der Waals surface area contributed by atoms with Crippen LogP contribution in [0.15, 0.2) is 30.5 Å². The van der Waals surface area contributed by atoms with E-state index in [0.29, 0.717) is 12.6 Å². The molecule has 1 aliphatic heterocycles. The lowest BCUT2D eigenvalue weighted by Crippen LogP contribution is -2.25. The summed E-state index contributed by atoms with van der Waals surface area (Å²) in [6.45, 7) is 4.52. The smallest absolute Gasteiger partial charge is 0.414 e. The Hall–Kier alpha value is -2.01. The van der Waals surface area contributed by atoms with E-state index < -0.39 is 12.2 Å². The van der Waals surface area contributed by atoms with Crippen molar-refractivity contribution in [2.24, 2.45) is 0 Å². The molecule has 1 fully saturated rings. The Labute approximate surface area is 117 Å². The topological polar surface area (TPSA) is 54.7 Å². The highest BCUT2D eigenvalue weighted by molar-refractivity contribution is 5.93. The molecule has 2 aromatic rings. The highest BCUT2D eigenvalue weighted by atomic mass is 16.6. The van der Waals surface area contributed by atoms with Gasteiger partial charge in [0.15, 0.2) is 0 Å². The van der Waals surface area contributed by atoms with Gasteiger partial charge in [0.2, 0.25) is 0 Å². The second-order valence-corrected chi connectivity index (χ2v) is 5.36. The number of rotatable bonds is 3. The van der Waals surface area contributed by atoms with Crippen molar-refractivity contribution in [1.29, 1.82) is 0 Å². The number of amides is 1. The lowest BCUT2D eigenvalue weighted by molar-refractivity contribution is 0.0963. The van der Waals surface area contributed by atoms with Gasteiger partial charge in [0.05, 0.1) is 13.2 Å². The van der Waals surface area contributed by atoms with Crippen LogP contribution in [0.3, 0.4) is 0 Å². The highest BCUT2D eigenvalue weighted by Crippen LogP contribution is 2.27. The van der Waals surface area contributed by atoms with E-state index in [1.54, 1.807) is 4.90 Å². The van der Waals surface area contributed by atoms with Crippen molar-refractivity contribution in [1.82, 2.24) is 4.57 Å². The minimum atomic E-state index is -0.432. The van der Waals surface area contributed by atoms with E-state index in [1.165, 1.54) is 0 Å². The van der Waals surface area contributed by atoms with Crippen LogP contribution >= 0.6 is 0 Å². The molecule has 1 N–H and O–H groups in total. The van der Waals surface area contributed by atoms with Gasteiger partial charge in [0, 0.05) is 28.8 Å². The van der Waals surface area contributed by atoms with E-state index in [4.69, 9.17) is 9.84 Å². The fourth-order valence-electron chi connectivity index (χ4n) is 2.60. The molecule has 0 spiro atoms. The van der Waals surface area contributed by atoms with Crippen LogP contribution in [0.2, 0.25) is 0 Å². The van der Waals surface area contributed by atoms with Gasteiger partial charge in [-0.2, -0.15) is 0 Å². The van der Waals surface area contributed by atoms with E-state index in [-0.39, 0.29) is 6.61 Å². The first kappa shape index (κ1) is 13.0. The van der Waals surface area contributed by atoms with Gasteiger partial charge in [-0.3, -0.25) is 4.90 Å². The number of nitrogens with zero attached hydrogens (tertiary/aromatic N) is 2. The fraction of sp³-hybridized carbons (Fsp3) is 0.400. The monoisotopic (exact) mass is 274 g/mol. The maximum atomic E-state index is 11.8. The molecule has 20 heavy (non-hydrogen) atoms. The van der Waals surface area contributed by atoms with Gasteiger partial charge in [-0.1, -0.05) is 0 Å². The van der Waals surface area contributed by atoms with Crippen LogP contribution in [0.4, 0.5) is 10.5 Å². The van der Waals surface area contributed by atoms with Gasteiger partial charge >= 0.3 is 6.09 Å². The highest BCUT2D eigenvalue weighted by Gasteiger charge is 2.31. The van der Waals surface area contributed by atoms with Crippen LogP contribution in [0.5, 0.6) is 0 Å². The molecule has 1 aromatic carbocycles. The minimum absolute atomic E-state index is 0.145. The molecule has 0 radical (unpaired) electrons. The summed E-state index contributed by atoms with van der Waals surface area (Å²) in [6, 6.07) is 8.36. The first-order valence-electron chi connectivity index (χ1n) is 6.79. The quantitative estimate of drug-likeness (QED) is 0.935. The average molecular weight is 274 g/mol. The number of hydrogen-bond donors (Lipinski definition) is 1. The van der Waals surface area contributed by atoms with Crippen LogP contribution < -0.4 is 4.90 Å². The molecule has 1 amide bonds. The van der Waals surface area contributed by atoms with Crippen LogP contribution in [0, 0.1) is 0 Å². The summed E-state index contributed by atoms with van der Waals surface area (Å²) in [5.74, 6) is 0. The molecule has 1 aliphatic rings. The van der Waals surface area contributed by atoms with E-state index in [0.717, 1.165) is 16.6 Å². The molecule has 0 bridgehead atoms. The van der Waals surface area contributed by atoms with Gasteiger partial charge in [0.25, 0.3) is 0 Å². The zero-order valence-electron chi connectivity index (χ0n) is 11.6. The molecule has 0 saturated carbocycles. The summed E-state index contributed by atoms with van der Waals surface area (Å²) in [5, 5.41) is 10.2. The molecule has 2 heterocycles. The van der Waals surface area contributed by atoms with Crippen molar-refractivity contribution in [2.75, 3.05) is 18.1 Å². The molecular weight excluding hydrogens is 256 g/mol. The second-order valence-electron chi connectivity index (χ2n) is 5.36. The zero-order valence-corrected chi connectivity index (χ0v) is 11.6. The summed E-state index contributed by atoms with van der Waals surface area (Å²) < 4.78 is 7.26. The summed E-state index contributed by atoms with van der Waals surface area (Å²) in [4.78, 5) is 13.3. The Bertz CT molecular complexity index is 648. The normalized spacial score (nSPS) is 19.1. The Balaban J connectivity index is 1.96. The van der Waals surface area contributed by atoms with Crippen molar-refractivity contribution >= 4 is 22.7 Å². The number of carbonyl (C=O) groups is 1. The number of anilines is 1. The number of carbonyl (C=O) groups excluding carboxylic acids is 1. The number of hydrogen-bond acceptors (Lipinski definition) is 3. The molecular formula is C15H18N2O3. The molecule has 0 aliphatic carbocycles. The third-order valence-corrected chi connectivity index (χ3v) is 3.65. The Kier molecular flexibility index (Phi) is 3.14. The van der Waals surface area contributed by atoms with Crippen LogP contribution in [0.25, 0.3) is 10.9 Å². The van der Waals surface area contributed by atoms with Crippen molar-refractivity contribution in [2.45, 2.75) is 26.0 Å². The van der Waals surface area contributed by atoms with E-state index in [2.05, 4.69) is 24.6 Å². The largest absolute Gasteiger partial charge is 0.441 e. The standard InChI is InChI=1S/C15H18N2O3/c1-10(2)16-6-5-11-7-12(3-4-14(11)16)17-8-13(9-18)20-15(17)19/h3-7,10,13,18H,8-9H2,1-2H3/t13-/m1/s1. The van der Waals surface area contributed by atoms with Crippen molar-refractivity contribution in [3.05, 3.63) is 30.5 Å². The summed E-state index contributed by atoms with van der Waals surface area (Å²) in [7, 11) is 0. The third-order valence-electron chi connectivity index (χ3n) is 3.65. The first-order valence-corrected chi connectivity index (χ1v) is 6.79. The molecule has 0 unspecified atom stereocenters. The van der Waals surface area contributed by atoms with Crippen LogP contribution in [-0.4, -0.2) is 35.0 Å². The van der Waals surface area contributed by atoms with E-state index in [9.17, 15) is 4.79 Å². The lowest BCUT2D eigenvalue weighted by atomic mass is 10.2. The number of cyclic esters (lactones) is 1. The van der Waals surface area contributed by atoms with E-state index >= 15 is 0 Å². The Morgan fingerprint density at radius 1 is 1.40 bits per heavy atom. The maximum Gasteiger partial charge on any atom is 0.414 e. The summed E-state index contributed by atoms with van der Waals surface area (Å²) >= 11 is 0. The van der Waals surface area contributed by atoms with Crippen LogP contribution in [0.1, 0.15) is 19.9 Å². The van der Waals surface area contributed by atoms with E-state index in [1.807, 2.05) is 24.3 Å². The van der Waals surface area contributed by atoms with Crippen molar-refractivity contribution < 1.29 is 14.6 Å². The molecule has 106 valence electrons. The van der Waals surface area contributed by atoms with Crippen molar-refractivity contribution in [3.63, 3.8) is 0 Å². The molecule has 1 atom stereocenters. The van der Waals surface area contributed by atoms with Gasteiger partial charge < -0.3 is 14.4 Å². The molecule has 3 rings (SSSR count). The number of ether oxygens (including phenoxy) is 1. The molecule has 1 saturated heterocycles. The number of benzene rings is 1. The molecule has 5 nitrogen and oxygen atoms in total. The predicted octanol–water partition coefficient (Wildman–Crippen LogP) is 2.54. The molecule has 5 heteroatoms. The Morgan fingerprint density at radius 2 is 2.20 bits per heavy atom. The van der Waals surface area contributed by atoms with Gasteiger partial charge in [-0.05, 0) is 38.1 Å². The fourth-order valence-corrected chi connectivity index (χ4v) is 2.60. The SMILES string of the molecule is CC(C)n1ccc2cc(N3C[C@H](CO)OC3=O)ccc21. The number of aliphatic hydroxyl groups excluding tert-OH is 1. The molecule has 1 aromatic heterocycles. The number of fused-ring (bicyclic) bond motifs is 1. The average Bonchev–Trinajstić information content (AvgIpc) is 3.01. The van der Waals surface area contributed by atoms with Gasteiger partial charge in [0.1, 0.15) is 6.10 Å². The van der Waals surface area contributed by atoms with Crippen LogP contribution in [-0.2, 0) is 4.74 Å². The van der Waals surface area contributed by atoms with Crippen molar-refractivity contribution in [3.8, 4) is 0 Å². The predicted molar refractivity (Wildman–Crippen MR) is 77.0 cm³/mol. The Morgan fingerprint density at radius 3 is 2.85 bits per heavy atom. The first-order chi connectivity index (χ1) is 9.60. The summed E-state index contributed by atoms with van der Waals surface area (Å²) in [6.07, 6.45) is 1.22. The van der Waals surface area contributed by atoms with Gasteiger partial charge in [-0.15, -0.1) is 0 Å². The second kappa shape index (κ2) is 4.83. The maximum absolute atomic E-state index is 11.8. The number of aromatic nitrogens is 1. The summed E-state index contributed by atoms with van der Waals surface area (Å²) in [5.41, 5.74) is 1.95. The minimum Gasteiger partial charge on any atom is -0.441 e. The van der Waals surface area contributed by atoms with Gasteiger partial charge in [-0.25, -0.2) is 4.79 Å². The zero-order chi connectivity index (χ0) is 14.3. The third kappa shape index (κ3) is 2.04. The lowest BCUT2D eigenvalue weighted by Gasteiger charge is -2.14. The number of aliphatic hydroxyl groups is 1.